The van der Waals surface area contributed by atoms with Crippen LogP contribution in [0, 0.1) is 11.3 Å². The Morgan fingerprint density at radius 1 is 1.38 bits per heavy atom. The van der Waals surface area contributed by atoms with Crippen molar-refractivity contribution in [2.75, 3.05) is 5.75 Å². The minimum absolute atomic E-state index is 0.404. The van der Waals surface area contributed by atoms with Gasteiger partial charge in [-0.2, -0.15) is 0 Å². The highest BCUT2D eigenvalue weighted by Gasteiger charge is 2.35. The minimum Gasteiger partial charge on any atom is -0.362 e. The van der Waals surface area contributed by atoms with E-state index >= 15 is 0 Å². The van der Waals surface area contributed by atoms with Crippen LogP contribution in [0.15, 0.2) is 4.99 Å². The molecule has 2 fully saturated rings. The van der Waals surface area contributed by atoms with Gasteiger partial charge in [0.1, 0.15) is 0 Å². The van der Waals surface area contributed by atoms with Gasteiger partial charge in [0.15, 0.2) is 5.17 Å². The molecular formula is C13H24N2S. The Balaban J connectivity index is 2.02. The molecule has 1 heterocycles. The first-order valence-corrected chi connectivity index (χ1v) is 7.45. The summed E-state index contributed by atoms with van der Waals surface area (Å²) in [6, 6.07) is 1.10. The molecule has 2 nitrogen and oxygen atoms in total. The maximum atomic E-state index is 4.94. The molecule has 3 heteroatoms. The quantitative estimate of drug-likeness (QED) is 0.760. The van der Waals surface area contributed by atoms with E-state index in [9.17, 15) is 0 Å². The topological polar surface area (TPSA) is 24.4 Å². The van der Waals surface area contributed by atoms with Crippen molar-refractivity contribution in [3.8, 4) is 0 Å². The number of thioether (sulfide) groups is 1. The maximum Gasteiger partial charge on any atom is 0.157 e. The van der Waals surface area contributed by atoms with Crippen LogP contribution in [-0.4, -0.2) is 23.0 Å². The van der Waals surface area contributed by atoms with E-state index in [1.54, 1.807) is 0 Å². The van der Waals surface area contributed by atoms with Crippen LogP contribution in [0.5, 0.6) is 0 Å². The van der Waals surface area contributed by atoms with Crippen molar-refractivity contribution in [3.05, 3.63) is 0 Å². The normalized spacial score (nSPS) is 41.0. The Hall–Kier alpha value is -0.180. The van der Waals surface area contributed by atoms with Crippen molar-refractivity contribution in [2.45, 2.75) is 59.0 Å². The Bertz CT molecular complexity index is 286. The third-order valence-corrected chi connectivity index (χ3v) is 5.35. The van der Waals surface area contributed by atoms with Gasteiger partial charge in [-0.25, -0.2) is 0 Å². The Morgan fingerprint density at radius 3 is 2.69 bits per heavy atom. The van der Waals surface area contributed by atoms with Crippen molar-refractivity contribution in [1.82, 2.24) is 5.32 Å². The van der Waals surface area contributed by atoms with E-state index in [2.05, 4.69) is 33.0 Å². The lowest BCUT2D eigenvalue weighted by molar-refractivity contribution is 0.333. The summed E-state index contributed by atoms with van der Waals surface area (Å²) in [6.07, 6.45) is 3.93. The molecule has 2 rings (SSSR count). The first kappa shape index (κ1) is 12.3. The maximum absolute atomic E-state index is 4.94. The number of nitrogens with zero attached hydrogens (tertiary/aromatic N) is 1. The third kappa shape index (κ3) is 2.55. The van der Waals surface area contributed by atoms with E-state index in [4.69, 9.17) is 4.99 Å². The summed E-state index contributed by atoms with van der Waals surface area (Å²) in [7, 11) is 0. The fourth-order valence-electron chi connectivity index (χ4n) is 2.50. The first-order chi connectivity index (χ1) is 7.49. The van der Waals surface area contributed by atoms with Crippen LogP contribution >= 0.6 is 11.8 Å². The van der Waals surface area contributed by atoms with E-state index < -0.39 is 0 Å². The zero-order chi connectivity index (χ0) is 11.8. The number of rotatable bonds is 1. The fraction of sp³-hybridized carbons (Fsp3) is 0.923. The van der Waals surface area contributed by atoms with Crippen LogP contribution in [0.3, 0.4) is 0 Å². The van der Waals surface area contributed by atoms with Gasteiger partial charge in [-0.3, -0.25) is 4.99 Å². The van der Waals surface area contributed by atoms with Crippen LogP contribution in [0.25, 0.3) is 0 Å². The Kier molecular flexibility index (Phi) is 3.53. The van der Waals surface area contributed by atoms with Gasteiger partial charge < -0.3 is 5.32 Å². The monoisotopic (exact) mass is 240 g/mol. The molecule has 1 saturated carbocycles. The van der Waals surface area contributed by atoms with E-state index in [1.165, 1.54) is 30.2 Å². The van der Waals surface area contributed by atoms with Gasteiger partial charge in [0.25, 0.3) is 0 Å². The van der Waals surface area contributed by atoms with Gasteiger partial charge >= 0.3 is 0 Å². The van der Waals surface area contributed by atoms with Crippen molar-refractivity contribution in [3.63, 3.8) is 0 Å². The standard InChI is InChI=1S/C13H24N2S/c1-9-8-16-12(14-10(9)2)15-11-6-5-7-13(11,3)4/h9-11H,5-8H2,1-4H3,(H,14,15). The third-order valence-electron chi connectivity index (χ3n) is 4.16. The molecule has 2 aliphatic rings. The summed E-state index contributed by atoms with van der Waals surface area (Å²) in [6.45, 7) is 9.28. The van der Waals surface area contributed by atoms with E-state index in [0.29, 0.717) is 17.5 Å². The fourth-order valence-corrected chi connectivity index (χ4v) is 3.68. The lowest BCUT2D eigenvalue weighted by Crippen LogP contribution is -2.42. The molecule has 0 aromatic carbocycles. The average Bonchev–Trinajstić information content (AvgIpc) is 2.52. The van der Waals surface area contributed by atoms with E-state index in [1.807, 2.05) is 11.8 Å². The smallest absolute Gasteiger partial charge is 0.157 e. The molecule has 0 aromatic heterocycles. The highest BCUT2D eigenvalue weighted by Crippen LogP contribution is 2.40. The van der Waals surface area contributed by atoms with E-state index in [-0.39, 0.29) is 0 Å². The predicted octanol–water partition coefficient (Wildman–Crippen LogP) is 3.28. The highest BCUT2D eigenvalue weighted by atomic mass is 32.2. The molecule has 3 unspecified atom stereocenters. The molecule has 0 amide bonds. The largest absolute Gasteiger partial charge is 0.362 e. The van der Waals surface area contributed by atoms with Crippen molar-refractivity contribution < 1.29 is 0 Å². The van der Waals surface area contributed by atoms with Crippen LogP contribution in [-0.2, 0) is 0 Å². The first-order valence-electron chi connectivity index (χ1n) is 6.46. The molecule has 0 spiro atoms. The summed E-state index contributed by atoms with van der Waals surface area (Å²) >= 11 is 1.90. The van der Waals surface area contributed by atoms with Gasteiger partial charge in [-0.1, -0.05) is 39.0 Å². The summed E-state index contributed by atoms with van der Waals surface area (Å²) in [4.78, 5) is 4.94. The van der Waals surface area contributed by atoms with Gasteiger partial charge in [-0.05, 0) is 31.1 Å². The molecular weight excluding hydrogens is 216 g/mol. The number of hydrogen-bond acceptors (Lipinski definition) is 2. The molecule has 16 heavy (non-hydrogen) atoms. The average molecular weight is 240 g/mol. The van der Waals surface area contributed by atoms with Crippen LogP contribution in [0.4, 0.5) is 0 Å². The molecule has 0 radical (unpaired) electrons. The van der Waals surface area contributed by atoms with Crippen LogP contribution < -0.4 is 5.32 Å². The Morgan fingerprint density at radius 2 is 2.12 bits per heavy atom. The molecule has 1 N–H and O–H groups in total. The molecule has 0 bridgehead atoms. The lowest BCUT2D eigenvalue weighted by Gasteiger charge is -2.30. The molecule has 1 aliphatic carbocycles. The number of amidine groups is 1. The second-order valence-electron chi connectivity index (χ2n) is 6.05. The number of aliphatic imine (C=N–C) groups is 1. The van der Waals surface area contributed by atoms with Gasteiger partial charge in [0.2, 0.25) is 0 Å². The van der Waals surface area contributed by atoms with Gasteiger partial charge in [0, 0.05) is 11.8 Å². The summed E-state index contributed by atoms with van der Waals surface area (Å²) in [5.41, 5.74) is 0.404. The summed E-state index contributed by atoms with van der Waals surface area (Å²) < 4.78 is 0. The molecule has 1 aliphatic heterocycles. The van der Waals surface area contributed by atoms with Crippen molar-refractivity contribution in [1.29, 1.82) is 0 Å². The number of nitrogens with one attached hydrogen (secondary N) is 1. The van der Waals surface area contributed by atoms with Crippen LogP contribution in [0.1, 0.15) is 47.0 Å². The SMILES string of the molecule is CC1CSC(=NC2CCCC2(C)C)NC1C. The molecule has 1 saturated heterocycles. The summed E-state index contributed by atoms with van der Waals surface area (Å²) in [5.74, 6) is 1.96. The van der Waals surface area contributed by atoms with Gasteiger partial charge in [0.05, 0.1) is 6.04 Å². The molecule has 92 valence electrons. The Labute approximate surface area is 104 Å². The lowest BCUT2D eigenvalue weighted by atomic mass is 9.88. The van der Waals surface area contributed by atoms with Crippen molar-refractivity contribution >= 4 is 16.9 Å². The zero-order valence-electron chi connectivity index (χ0n) is 10.9. The molecule has 0 aromatic rings. The zero-order valence-corrected chi connectivity index (χ0v) is 11.7. The predicted molar refractivity (Wildman–Crippen MR) is 73.1 cm³/mol. The minimum atomic E-state index is 0.404. The summed E-state index contributed by atoms with van der Waals surface area (Å²) in [5, 5.41) is 4.73. The highest BCUT2D eigenvalue weighted by molar-refractivity contribution is 8.13. The van der Waals surface area contributed by atoms with E-state index in [0.717, 1.165) is 5.92 Å². The van der Waals surface area contributed by atoms with Crippen molar-refractivity contribution in [2.24, 2.45) is 16.3 Å². The number of hydrogen-bond donors (Lipinski definition) is 1. The van der Waals surface area contributed by atoms with Crippen LogP contribution in [0.2, 0.25) is 0 Å². The second-order valence-corrected chi connectivity index (χ2v) is 7.06. The second kappa shape index (κ2) is 4.59. The molecule has 3 atom stereocenters. The van der Waals surface area contributed by atoms with Gasteiger partial charge in [-0.15, -0.1) is 0 Å².